The number of likely N-dealkylation sites (N-methyl/N-ethyl adjacent to an activating group) is 1. The summed E-state index contributed by atoms with van der Waals surface area (Å²) in [5, 5.41) is 2.23. The van der Waals surface area contributed by atoms with Crippen LogP contribution in [0.5, 0.6) is 5.75 Å². The van der Waals surface area contributed by atoms with Crippen LogP contribution in [0.2, 0.25) is 0 Å². The molecular formula is C21H18F3NO3S. The van der Waals surface area contributed by atoms with E-state index in [1.165, 1.54) is 12.1 Å². The highest BCUT2D eigenvalue weighted by molar-refractivity contribution is 7.88. The van der Waals surface area contributed by atoms with Crippen LogP contribution in [0, 0.1) is 0 Å². The molecule has 0 aromatic heterocycles. The molecular weight excluding hydrogens is 403 g/mol. The summed E-state index contributed by atoms with van der Waals surface area (Å²) < 4.78 is 64.7. The molecule has 8 heteroatoms. The van der Waals surface area contributed by atoms with Gasteiger partial charge in [-0.2, -0.15) is 21.6 Å². The molecule has 3 aromatic rings. The maximum absolute atomic E-state index is 12.6. The number of benzene rings is 3. The standard InChI is InChI=1S/C21H18F3NO3S/c1-25-12-17-11-18(28-29(26,27)21(22,23)24)8-9-19(17)20(13-25)16-7-6-14-4-2-3-5-15(14)10-16/h2-11,20H,12-13H2,1H3/t20-/m0/s1. The van der Waals surface area contributed by atoms with Crippen LogP contribution in [0.3, 0.4) is 0 Å². The van der Waals surface area contributed by atoms with E-state index in [9.17, 15) is 21.6 Å². The van der Waals surface area contributed by atoms with Crippen molar-refractivity contribution >= 4 is 20.9 Å². The van der Waals surface area contributed by atoms with Gasteiger partial charge in [-0.3, -0.25) is 0 Å². The third kappa shape index (κ3) is 3.82. The summed E-state index contributed by atoms with van der Waals surface area (Å²) in [5.41, 5.74) is -2.68. The van der Waals surface area contributed by atoms with Crippen molar-refractivity contribution in [3.05, 3.63) is 77.4 Å². The minimum atomic E-state index is -5.69. The number of alkyl halides is 3. The number of fused-ring (bicyclic) bond motifs is 2. The molecule has 0 radical (unpaired) electrons. The van der Waals surface area contributed by atoms with Gasteiger partial charge in [-0.25, -0.2) is 0 Å². The minimum Gasteiger partial charge on any atom is -0.376 e. The number of rotatable bonds is 3. The van der Waals surface area contributed by atoms with E-state index < -0.39 is 15.6 Å². The summed E-state index contributed by atoms with van der Waals surface area (Å²) in [6.45, 7) is 1.23. The van der Waals surface area contributed by atoms with E-state index in [0.29, 0.717) is 6.54 Å². The maximum Gasteiger partial charge on any atom is 0.534 e. The summed E-state index contributed by atoms with van der Waals surface area (Å²) in [7, 11) is -3.78. The molecule has 152 valence electrons. The van der Waals surface area contributed by atoms with Crippen LogP contribution in [0.15, 0.2) is 60.7 Å². The first-order valence-electron chi connectivity index (χ1n) is 8.95. The van der Waals surface area contributed by atoms with Crippen molar-refractivity contribution in [1.29, 1.82) is 0 Å². The molecule has 0 amide bonds. The molecule has 0 aliphatic carbocycles. The first kappa shape index (κ1) is 19.7. The quantitative estimate of drug-likeness (QED) is 0.456. The smallest absolute Gasteiger partial charge is 0.376 e. The van der Waals surface area contributed by atoms with E-state index >= 15 is 0 Å². The first-order chi connectivity index (χ1) is 13.6. The largest absolute Gasteiger partial charge is 0.534 e. The van der Waals surface area contributed by atoms with E-state index in [4.69, 9.17) is 0 Å². The molecule has 1 aliphatic rings. The third-order valence-corrected chi connectivity index (χ3v) is 6.07. The molecule has 3 aromatic carbocycles. The van der Waals surface area contributed by atoms with Gasteiger partial charge in [0.2, 0.25) is 0 Å². The third-order valence-electron chi connectivity index (χ3n) is 5.09. The molecule has 0 spiro atoms. The van der Waals surface area contributed by atoms with Crippen molar-refractivity contribution < 1.29 is 25.8 Å². The number of hydrogen-bond acceptors (Lipinski definition) is 4. The van der Waals surface area contributed by atoms with E-state index in [2.05, 4.69) is 16.3 Å². The van der Waals surface area contributed by atoms with Gasteiger partial charge in [0.15, 0.2) is 0 Å². The Hall–Kier alpha value is -2.58. The zero-order valence-electron chi connectivity index (χ0n) is 15.5. The van der Waals surface area contributed by atoms with Gasteiger partial charge in [0.05, 0.1) is 0 Å². The van der Waals surface area contributed by atoms with Gasteiger partial charge in [0, 0.05) is 19.0 Å². The number of halogens is 3. The van der Waals surface area contributed by atoms with E-state index in [0.717, 1.165) is 34.0 Å². The van der Waals surface area contributed by atoms with Crippen LogP contribution in [0.4, 0.5) is 13.2 Å². The molecule has 1 aliphatic heterocycles. The van der Waals surface area contributed by atoms with Gasteiger partial charge in [-0.15, -0.1) is 0 Å². The molecule has 29 heavy (non-hydrogen) atoms. The fourth-order valence-corrected chi connectivity index (χ4v) is 4.21. The second-order valence-corrected chi connectivity index (χ2v) is 8.74. The Bertz CT molecular complexity index is 1180. The predicted molar refractivity (Wildman–Crippen MR) is 104 cm³/mol. The fourth-order valence-electron chi connectivity index (χ4n) is 3.76. The van der Waals surface area contributed by atoms with Gasteiger partial charge in [0.25, 0.3) is 0 Å². The van der Waals surface area contributed by atoms with E-state index in [1.807, 2.05) is 42.3 Å². The molecule has 0 saturated heterocycles. The zero-order valence-corrected chi connectivity index (χ0v) is 16.3. The lowest BCUT2D eigenvalue weighted by Gasteiger charge is -2.33. The van der Waals surface area contributed by atoms with E-state index in [1.54, 1.807) is 6.07 Å². The summed E-state index contributed by atoms with van der Waals surface area (Å²) in [6.07, 6.45) is 0. The summed E-state index contributed by atoms with van der Waals surface area (Å²) in [4.78, 5) is 2.05. The Morgan fingerprint density at radius 1 is 1.00 bits per heavy atom. The van der Waals surface area contributed by atoms with Crippen molar-refractivity contribution in [2.24, 2.45) is 0 Å². The number of hydrogen-bond donors (Lipinski definition) is 0. The SMILES string of the molecule is CN1Cc2cc(OS(=O)(=O)C(F)(F)F)ccc2[C@H](c2ccc3ccccc3c2)C1. The average molecular weight is 421 g/mol. The Labute approximate surface area is 166 Å². The van der Waals surface area contributed by atoms with Crippen LogP contribution < -0.4 is 4.18 Å². The van der Waals surface area contributed by atoms with E-state index in [-0.39, 0.29) is 11.7 Å². The van der Waals surface area contributed by atoms with Crippen molar-refractivity contribution in [2.45, 2.75) is 18.0 Å². The lowest BCUT2D eigenvalue weighted by molar-refractivity contribution is -0.0500. The molecule has 0 bridgehead atoms. The van der Waals surface area contributed by atoms with Gasteiger partial charge < -0.3 is 9.08 Å². The molecule has 1 atom stereocenters. The van der Waals surface area contributed by atoms with Gasteiger partial charge in [-0.05, 0) is 46.6 Å². The molecule has 1 heterocycles. The van der Waals surface area contributed by atoms with Gasteiger partial charge >= 0.3 is 15.6 Å². The first-order valence-corrected chi connectivity index (χ1v) is 10.4. The fraction of sp³-hybridized carbons (Fsp3) is 0.238. The minimum absolute atomic E-state index is 0.0154. The van der Waals surface area contributed by atoms with Crippen molar-refractivity contribution in [3.63, 3.8) is 0 Å². The van der Waals surface area contributed by atoms with Gasteiger partial charge in [-0.1, -0.05) is 48.5 Å². The monoisotopic (exact) mass is 421 g/mol. The molecule has 0 fully saturated rings. The topological polar surface area (TPSA) is 46.6 Å². The average Bonchev–Trinajstić information content (AvgIpc) is 2.65. The molecule has 0 N–H and O–H groups in total. The Morgan fingerprint density at radius 3 is 2.45 bits per heavy atom. The highest BCUT2D eigenvalue weighted by atomic mass is 32.2. The van der Waals surface area contributed by atoms with Crippen molar-refractivity contribution in [1.82, 2.24) is 4.90 Å². The zero-order chi connectivity index (χ0) is 20.8. The maximum atomic E-state index is 12.6. The summed E-state index contributed by atoms with van der Waals surface area (Å²) >= 11 is 0. The Kier molecular flexibility index (Phi) is 4.78. The molecule has 4 nitrogen and oxygen atoms in total. The Balaban J connectivity index is 1.71. The number of nitrogens with zero attached hydrogens (tertiary/aromatic N) is 1. The molecule has 4 rings (SSSR count). The second-order valence-electron chi connectivity index (χ2n) is 7.20. The lowest BCUT2D eigenvalue weighted by Crippen LogP contribution is -2.31. The molecule has 0 unspecified atom stereocenters. The van der Waals surface area contributed by atoms with Crippen LogP contribution in [0.25, 0.3) is 10.8 Å². The lowest BCUT2D eigenvalue weighted by atomic mass is 9.84. The Morgan fingerprint density at radius 2 is 1.72 bits per heavy atom. The second kappa shape index (κ2) is 7.03. The van der Waals surface area contributed by atoms with Crippen LogP contribution in [-0.4, -0.2) is 32.4 Å². The summed E-state index contributed by atoms with van der Waals surface area (Å²) in [6, 6.07) is 18.5. The normalized spacial score (nSPS) is 17.9. The molecule has 0 saturated carbocycles. The van der Waals surface area contributed by atoms with Crippen LogP contribution >= 0.6 is 0 Å². The predicted octanol–water partition coefficient (Wildman–Crippen LogP) is 4.65. The van der Waals surface area contributed by atoms with Crippen LogP contribution in [-0.2, 0) is 16.7 Å². The van der Waals surface area contributed by atoms with Crippen molar-refractivity contribution in [2.75, 3.05) is 13.6 Å². The van der Waals surface area contributed by atoms with Crippen LogP contribution in [0.1, 0.15) is 22.6 Å². The van der Waals surface area contributed by atoms with Crippen molar-refractivity contribution in [3.8, 4) is 5.75 Å². The van der Waals surface area contributed by atoms with Gasteiger partial charge in [0.1, 0.15) is 5.75 Å². The highest BCUT2D eigenvalue weighted by Gasteiger charge is 2.48. The highest BCUT2D eigenvalue weighted by Crippen LogP contribution is 2.37. The summed E-state index contributed by atoms with van der Waals surface area (Å²) in [5.74, 6) is -0.324.